The lowest BCUT2D eigenvalue weighted by Crippen LogP contribution is -2.28. The quantitative estimate of drug-likeness (QED) is 0.882. The molecule has 1 unspecified atom stereocenters. The Morgan fingerprint density at radius 2 is 1.68 bits per heavy atom. The Morgan fingerprint density at radius 1 is 1.09 bits per heavy atom. The van der Waals surface area contributed by atoms with E-state index in [0.717, 1.165) is 0 Å². The molecule has 1 aliphatic rings. The molecule has 112 valence electrons. The second-order valence-corrected chi connectivity index (χ2v) is 4.86. The number of hydrogen-bond donors (Lipinski definition) is 1. The van der Waals surface area contributed by atoms with E-state index in [1.807, 2.05) is 0 Å². The highest BCUT2D eigenvalue weighted by atomic mass is 19.1. The summed E-state index contributed by atoms with van der Waals surface area (Å²) in [6, 6.07) is 8.18. The Labute approximate surface area is 124 Å². The van der Waals surface area contributed by atoms with Gasteiger partial charge in [-0.25, -0.2) is 9.18 Å². The Hall–Kier alpha value is -2.89. The van der Waals surface area contributed by atoms with Crippen molar-refractivity contribution in [2.45, 2.75) is 13.2 Å². The van der Waals surface area contributed by atoms with Gasteiger partial charge in [-0.15, -0.1) is 0 Å². The van der Waals surface area contributed by atoms with Crippen LogP contribution in [0, 0.1) is 12.7 Å². The minimum atomic E-state index is -1.41. The average molecular weight is 302 g/mol. The molecule has 1 heterocycles. The Kier molecular flexibility index (Phi) is 3.29. The number of carbonyl (C=O) groups excluding carboxylic acids is 1. The first-order valence-corrected chi connectivity index (χ1v) is 6.47. The van der Waals surface area contributed by atoms with E-state index in [4.69, 9.17) is 14.6 Å². The average Bonchev–Trinajstić information content (AvgIpc) is 2.89. The van der Waals surface area contributed by atoms with Crippen LogP contribution in [0.1, 0.15) is 21.5 Å². The number of carboxylic acids is 1. The molecular formula is C16H11FO5. The molecule has 22 heavy (non-hydrogen) atoms. The van der Waals surface area contributed by atoms with E-state index in [9.17, 15) is 14.0 Å². The molecule has 0 aromatic heterocycles. The predicted octanol–water partition coefficient (Wildman–Crippen LogP) is 2.55. The van der Waals surface area contributed by atoms with Gasteiger partial charge in [0.05, 0.1) is 0 Å². The summed E-state index contributed by atoms with van der Waals surface area (Å²) in [7, 11) is 0. The van der Waals surface area contributed by atoms with E-state index in [1.54, 1.807) is 13.0 Å². The van der Waals surface area contributed by atoms with Crippen LogP contribution in [0.25, 0.3) is 0 Å². The number of aryl methyl sites for hydroxylation is 1. The lowest BCUT2D eigenvalue weighted by Gasteiger charge is -2.06. The molecule has 0 bridgehead atoms. The van der Waals surface area contributed by atoms with Crippen molar-refractivity contribution >= 4 is 11.8 Å². The summed E-state index contributed by atoms with van der Waals surface area (Å²) in [6.45, 7) is 1.70. The normalized spacial score (nSPS) is 15.6. The van der Waals surface area contributed by atoms with Crippen molar-refractivity contribution in [2.75, 3.05) is 0 Å². The minimum Gasteiger partial charge on any atom is -0.476 e. The first kappa shape index (κ1) is 14.1. The Bertz CT molecular complexity index is 767. The van der Waals surface area contributed by atoms with Crippen molar-refractivity contribution in [1.29, 1.82) is 0 Å². The maximum Gasteiger partial charge on any atom is 0.387 e. The van der Waals surface area contributed by atoms with Gasteiger partial charge in [0.15, 0.2) is 17.3 Å². The molecule has 0 amide bonds. The molecule has 1 atom stereocenters. The van der Waals surface area contributed by atoms with Gasteiger partial charge in [0.2, 0.25) is 0 Å². The van der Waals surface area contributed by atoms with E-state index in [1.165, 1.54) is 30.3 Å². The third-order valence-corrected chi connectivity index (χ3v) is 3.31. The van der Waals surface area contributed by atoms with Crippen LogP contribution in [0.3, 0.4) is 0 Å². The number of carboxylic acid groups (broad SMARTS) is 1. The highest BCUT2D eigenvalue weighted by Crippen LogP contribution is 2.37. The molecule has 0 fully saturated rings. The number of halogens is 1. The summed E-state index contributed by atoms with van der Waals surface area (Å²) in [5.74, 6) is -1.50. The van der Waals surface area contributed by atoms with Crippen LogP contribution in [-0.4, -0.2) is 23.1 Å². The Balaban J connectivity index is 1.96. The number of aliphatic carboxylic acids is 1. The van der Waals surface area contributed by atoms with E-state index >= 15 is 0 Å². The smallest absolute Gasteiger partial charge is 0.387 e. The number of ether oxygens (including phenoxy) is 2. The summed E-state index contributed by atoms with van der Waals surface area (Å²) >= 11 is 0. The standard InChI is InChI=1S/C16H11FO5/c1-8-6-12-13(22-16(21-12)15(19)20)7-11(8)14(18)9-2-4-10(17)5-3-9/h2-7,16H,1H3,(H,19,20). The summed E-state index contributed by atoms with van der Waals surface area (Å²) in [4.78, 5) is 23.3. The SMILES string of the molecule is Cc1cc2c(cc1C(=O)c1ccc(F)cc1)OC(C(=O)O)O2. The van der Waals surface area contributed by atoms with E-state index in [2.05, 4.69) is 0 Å². The summed E-state index contributed by atoms with van der Waals surface area (Å²) in [5, 5.41) is 8.88. The molecule has 3 rings (SSSR count). The van der Waals surface area contributed by atoms with Crippen LogP contribution >= 0.6 is 0 Å². The van der Waals surface area contributed by atoms with Crippen LogP contribution < -0.4 is 9.47 Å². The molecule has 0 saturated heterocycles. The summed E-state index contributed by atoms with van der Waals surface area (Å²) in [6.07, 6.45) is -1.41. The molecule has 1 N–H and O–H groups in total. The number of ketones is 1. The van der Waals surface area contributed by atoms with Crippen molar-refractivity contribution in [3.63, 3.8) is 0 Å². The fourth-order valence-electron chi connectivity index (χ4n) is 2.20. The molecule has 5 nitrogen and oxygen atoms in total. The van der Waals surface area contributed by atoms with Gasteiger partial charge in [-0.1, -0.05) is 0 Å². The second-order valence-electron chi connectivity index (χ2n) is 4.86. The molecule has 6 heteroatoms. The number of carbonyl (C=O) groups is 2. The zero-order chi connectivity index (χ0) is 15.9. The fraction of sp³-hybridized carbons (Fsp3) is 0.125. The first-order chi connectivity index (χ1) is 10.5. The molecule has 0 spiro atoms. The monoisotopic (exact) mass is 302 g/mol. The van der Waals surface area contributed by atoms with Gasteiger partial charge in [-0.05, 0) is 48.9 Å². The minimum absolute atomic E-state index is 0.198. The third kappa shape index (κ3) is 2.39. The number of fused-ring (bicyclic) bond motifs is 1. The molecule has 1 aliphatic heterocycles. The van der Waals surface area contributed by atoms with E-state index < -0.39 is 18.1 Å². The first-order valence-electron chi connectivity index (χ1n) is 6.47. The molecule has 2 aromatic carbocycles. The zero-order valence-electron chi connectivity index (χ0n) is 11.5. The predicted molar refractivity (Wildman–Crippen MR) is 73.7 cm³/mol. The van der Waals surface area contributed by atoms with Gasteiger partial charge in [-0.2, -0.15) is 0 Å². The topological polar surface area (TPSA) is 72.8 Å². The molecule has 2 aromatic rings. The zero-order valence-corrected chi connectivity index (χ0v) is 11.5. The number of hydrogen-bond acceptors (Lipinski definition) is 4. The van der Waals surface area contributed by atoms with Crippen molar-refractivity contribution < 1.29 is 28.6 Å². The van der Waals surface area contributed by atoms with Crippen molar-refractivity contribution in [3.05, 3.63) is 58.9 Å². The van der Waals surface area contributed by atoms with Crippen LogP contribution in [0.15, 0.2) is 36.4 Å². The second kappa shape index (κ2) is 5.14. The van der Waals surface area contributed by atoms with E-state index in [-0.39, 0.29) is 17.3 Å². The summed E-state index contributed by atoms with van der Waals surface area (Å²) < 4.78 is 23.2. The van der Waals surface area contributed by atoms with Crippen LogP contribution in [0.2, 0.25) is 0 Å². The van der Waals surface area contributed by atoms with E-state index in [0.29, 0.717) is 16.7 Å². The molecule has 0 aliphatic carbocycles. The largest absolute Gasteiger partial charge is 0.476 e. The maximum absolute atomic E-state index is 12.9. The van der Waals surface area contributed by atoms with Crippen molar-refractivity contribution in [3.8, 4) is 11.5 Å². The van der Waals surface area contributed by atoms with Crippen LogP contribution in [-0.2, 0) is 4.79 Å². The molecule has 0 saturated carbocycles. The summed E-state index contributed by atoms with van der Waals surface area (Å²) in [5.41, 5.74) is 1.29. The van der Waals surface area contributed by atoms with Crippen molar-refractivity contribution in [2.24, 2.45) is 0 Å². The molecule has 0 radical (unpaired) electrons. The van der Waals surface area contributed by atoms with Gasteiger partial charge < -0.3 is 14.6 Å². The third-order valence-electron chi connectivity index (χ3n) is 3.31. The van der Waals surface area contributed by atoms with Gasteiger partial charge in [0, 0.05) is 11.1 Å². The van der Waals surface area contributed by atoms with Crippen LogP contribution in [0.5, 0.6) is 11.5 Å². The maximum atomic E-state index is 12.9. The fourth-order valence-corrected chi connectivity index (χ4v) is 2.20. The van der Waals surface area contributed by atoms with Gasteiger partial charge in [-0.3, -0.25) is 4.79 Å². The van der Waals surface area contributed by atoms with Crippen LogP contribution in [0.4, 0.5) is 4.39 Å². The molecular weight excluding hydrogens is 291 g/mol. The van der Waals surface area contributed by atoms with Gasteiger partial charge >= 0.3 is 12.3 Å². The van der Waals surface area contributed by atoms with Crippen molar-refractivity contribution in [1.82, 2.24) is 0 Å². The van der Waals surface area contributed by atoms with Gasteiger partial charge in [0.25, 0.3) is 0 Å². The Morgan fingerprint density at radius 3 is 2.27 bits per heavy atom. The highest BCUT2D eigenvalue weighted by molar-refractivity contribution is 6.10. The number of benzene rings is 2. The lowest BCUT2D eigenvalue weighted by molar-refractivity contribution is -0.154. The van der Waals surface area contributed by atoms with Gasteiger partial charge in [0.1, 0.15) is 5.82 Å². The lowest BCUT2D eigenvalue weighted by atomic mass is 9.98. The highest BCUT2D eigenvalue weighted by Gasteiger charge is 2.32. The number of rotatable bonds is 3.